The zero-order chi connectivity index (χ0) is 19.5. The minimum absolute atomic E-state index is 0.106. The number of benzene rings is 1. The molecule has 0 aromatic heterocycles. The molecule has 0 radical (unpaired) electrons. The fraction of sp³-hybridized carbons (Fsp3) is 0.650. The molecule has 1 amide bonds. The molecule has 3 aliphatic rings. The predicted molar refractivity (Wildman–Crippen MR) is 103 cm³/mol. The summed E-state index contributed by atoms with van der Waals surface area (Å²) in [5.74, 6) is 0.794. The van der Waals surface area contributed by atoms with Crippen LogP contribution in [0.3, 0.4) is 0 Å². The second kappa shape index (κ2) is 8.84. The van der Waals surface area contributed by atoms with Gasteiger partial charge >= 0.3 is 0 Å². The van der Waals surface area contributed by atoms with Crippen LogP contribution >= 0.6 is 11.6 Å². The van der Waals surface area contributed by atoms with Gasteiger partial charge in [0.2, 0.25) is 5.91 Å². The third-order valence-electron chi connectivity index (χ3n) is 5.74. The second-order valence-electron chi connectivity index (χ2n) is 7.73. The van der Waals surface area contributed by atoms with Crippen LogP contribution in [0.2, 0.25) is 5.02 Å². The summed E-state index contributed by atoms with van der Waals surface area (Å²) in [6, 6.07) is 2.84. The number of halogens is 2. The predicted octanol–water partition coefficient (Wildman–Crippen LogP) is 2.58. The first-order valence-corrected chi connectivity index (χ1v) is 10.3. The topological polar surface area (TPSA) is 51.2 Å². The lowest BCUT2D eigenvalue weighted by Gasteiger charge is -2.36. The van der Waals surface area contributed by atoms with E-state index in [1.165, 1.54) is 6.07 Å². The van der Waals surface area contributed by atoms with Gasteiger partial charge in [0.15, 0.2) is 17.3 Å². The number of hydrogen-bond donors (Lipinski definition) is 0. The van der Waals surface area contributed by atoms with Crippen LogP contribution in [0, 0.1) is 11.7 Å². The Labute approximate surface area is 169 Å². The zero-order valence-electron chi connectivity index (χ0n) is 15.9. The van der Waals surface area contributed by atoms with Gasteiger partial charge in [-0.3, -0.25) is 9.69 Å². The van der Waals surface area contributed by atoms with Gasteiger partial charge in [-0.2, -0.15) is 0 Å². The van der Waals surface area contributed by atoms with Crippen molar-refractivity contribution in [3.05, 3.63) is 23.0 Å². The largest absolute Gasteiger partial charge is 0.483 e. The van der Waals surface area contributed by atoms with Gasteiger partial charge in [-0.15, -0.1) is 0 Å². The van der Waals surface area contributed by atoms with E-state index in [1.807, 2.05) is 4.90 Å². The van der Waals surface area contributed by atoms with Crippen LogP contribution in [-0.2, 0) is 9.53 Å². The summed E-state index contributed by atoms with van der Waals surface area (Å²) in [6.07, 6.45) is 3.15. The molecule has 3 heterocycles. The fourth-order valence-electron chi connectivity index (χ4n) is 4.11. The molecule has 154 valence electrons. The SMILES string of the molecule is O=C1COCCN1CCC1CCN(C[C@H]2COc3c(F)cc(Cl)cc3O2)CC1. The van der Waals surface area contributed by atoms with E-state index < -0.39 is 5.82 Å². The van der Waals surface area contributed by atoms with Crippen molar-refractivity contribution in [1.82, 2.24) is 9.80 Å². The molecular weight excluding hydrogens is 387 g/mol. The maximum atomic E-state index is 13.9. The number of carbonyl (C=O) groups is 1. The molecular formula is C20H26ClFN2O4. The van der Waals surface area contributed by atoms with Gasteiger partial charge < -0.3 is 19.1 Å². The normalized spacial score (nSPS) is 23.9. The third kappa shape index (κ3) is 4.70. The summed E-state index contributed by atoms with van der Waals surface area (Å²) in [7, 11) is 0. The van der Waals surface area contributed by atoms with Gasteiger partial charge in [-0.05, 0) is 44.3 Å². The highest BCUT2D eigenvalue weighted by Gasteiger charge is 2.28. The van der Waals surface area contributed by atoms with Gasteiger partial charge in [-0.1, -0.05) is 11.6 Å². The molecule has 2 saturated heterocycles. The molecule has 1 aromatic rings. The van der Waals surface area contributed by atoms with Crippen LogP contribution in [0.25, 0.3) is 0 Å². The number of fused-ring (bicyclic) bond motifs is 1. The summed E-state index contributed by atoms with van der Waals surface area (Å²) in [6.45, 7) is 5.49. The fourth-order valence-corrected chi connectivity index (χ4v) is 4.31. The van der Waals surface area contributed by atoms with Gasteiger partial charge in [0, 0.05) is 30.7 Å². The standard InChI is InChI=1S/C20H26ClFN2O4/c21-15-9-17(22)20-18(10-15)28-16(12-27-20)11-23-4-1-14(2-5-23)3-6-24-7-8-26-13-19(24)25/h9-10,14,16H,1-8,11-13H2/t16-/m0/s1. The summed E-state index contributed by atoms with van der Waals surface area (Å²) in [5, 5.41) is 0.306. The minimum atomic E-state index is -0.486. The average molecular weight is 413 g/mol. The smallest absolute Gasteiger partial charge is 0.248 e. The van der Waals surface area contributed by atoms with Gasteiger partial charge in [0.05, 0.1) is 6.61 Å². The molecule has 0 aliphatic carbocycles. The number of amides is 1. The Kier molecular flexibility index (Phi) is 6.23. The van der Waals surface area contributed by atoms with Crippen LogP contribution < -0.4 is 9.47 Å². The van der Waals surface area contributed by atoms with Crippen molar-refractivity contribution in [3.8, 4) is 11.5 Å². The molecule has 0 saturated carbocycles. The number of carbonyl (C=O) groups excluding carboxylic acids is 1. The first-order valence-electron chi connectivity index (χ1n) is 9.95. The van der Waals surface area contributed by atoms with Crippen LogP contribution in [0.4, 0.5) is 4.39 Å². The number of morpholine rings is 1. The number of hydrogen-bond acceptors (Lipinski definition) is 5. The first-order chi connectivity index (χ1) is 13.6. The second-order valence-corrected chi connectivity index (χ2v) is 8.17. The van der Waals surface area contributed by atoms with E-state index >= 15 is 0 Å². The zero-order valence-corrected chi connectivity index (χ0v) is 16.6. The molecule has 2 fully saturated rings. The highest BCUT2D eigenvalue weighted by molar-refractivity contribution is 6.30. The first kappa shape index (κ1) is 19.7. The van der Waals surface area contributed by atoms with Crippen LogP contribution in [0.15, 0.2) is 12.1 Å². The van der Waals surface area contributed by atoms with Gasteiger partial charge in [0.25, 0.3) is 0 Å². The summed E-state index contributed by atoms with van der Waals surface area (Å²) in [5.41, 5.74) is 0. The Morgan fingerprint density at radius 3 is 2.82 bits per heavy atom. The van der Waals surface area contributed by atoms with E-state index in [9.17, 15) is 9.18 Å². The lowest BCUT2D eigenvalue weighted by atomic mass is 9.93. The summed E-state index contributed by atoms with van der Waals surface area (Å²) < 4.78 is 30.5. The van der Waals surface area contributed by atoms with Crippen LogP contribution in [-0.4, -0.2) is 74.4 Å². The van der Waals surface area contributed by atoms with Crippen molar-refractivity contribution in [3.63, 3.8) is 0 Å². The number of likely N-dealkylation sites (tertiary alicyclic amines) is 1. The minimum Gasteiger partial charge on any atom is -0.483 e. The Morgan fingerprint density at radius 2 is 2.04 bits per heavy atom. The average Bonchev–Trinajstić information content (AvgIpc) is 2.68. The molecule has 3 aliphatic heterocycles. The van der Waals surface area contributed by atoms with Crippen molar-refractivity contribution in [2.24, 2.45) is 5.92 Å². The number of rotatable bonds is 5. The van der Waals surface area contributed by atoms with Crippen LogP contribution in [0.5, 0.6) is 11.5 Å². The number of nitrogens with zero attached hydrogens (tertiary/aromatic N) is 2. The quantitative estimate of drug-likeness (QED) is 0.744. The molecule has 1 aromatic carbocycles. The Bertz CT molecular complexity index is 712. The Balaban J connectivity index is 1.21. The highest BCUT2D eigenvalue weighted by atomic mass is 35.5. The summed E-state index contributed by atoms with van der Waals surface area (Å²) >= 11 is 5.91. The molecule has 4 rings (SSSR count). The molecule has 6 nitrogen and oxygen atoms in total. The van der Waals surface area contributed by atoms with E-state index in [0.29, 0.717) is 36.4 Å². The van der Waals surface area contributed by atoms with E-state index in [-0.39, 0.29) is 24.4 Å². The summed E-state index contributed by atoms with van der Waals surface area (Å²) in [4.78, 5) is 16.1. The van der Waals surface area contributed by atoms with Gasteiger partial charge in [-0.25, -0.2) is 4.39 Å². The van der Waals surface area contributed by atoms with E-state index in [2.05, 4.69) is 4.90 Å². The molecule has 0 unspecified atom stereocenters. The van der Waals surface area contributed by atoms with E-state index in [0.717, 1.165) is 45.4 Å². The Hall–Kier alpha value is -1.57. The van der Waals surface area contributed by atoms with Crippen molar-refractivity contribution >= 4 is 17.5 Å². The molecule has 0 spiro atoms. The molecule has 28 heavy (non-hydrogen) atoms. The lowest BCUT2D eigenvalue weighted by molar-refractivity contribution is -0.142. The van der Waals surface area contributed by atoms with E-state index in [4.69, 9.17) is 25.8 Å². The van der Waals surface area contributed by atoms with Crippen molar-refractivity contribution in [2.45, 2.75) is 25.4 Å². The van der Waals surface area contributed by atoms with Crippen LogP contribution in [0.1, 0.15) is 19.3 Å². The highest BCUT2D eigenvalue weighted by Crippen LogP contribution is 2.37. The van der Waals surface area contributed by atoms with E-state index in [1.54, 1.807) is 6.07 Å². The maximum absolute atomic E-state index is 13.9. The molecule has 0 N–H and O–H groups in total. The van der Waals surface area contributed by atoms with Crippen molar-refractivity contribution in [1.29, 1.82) is 0 Å². The third-order valence-corrected chi connectivity index (χ3v) is 5.96. The Morgan fingerprint density at radius 1 is 1.21 bits per heavy atom. The van der Waals surface area contributed by atoms with Crippen molar-refractivity contribution in [2.75, 3.05) is 52.5 Å². The number of ether oxygens (including phenoxy) is 3. The number of piperidine rings is 1. The lowest BCUT2D eigenvalue weighted by Crippen LogP contribution is -2.45. The molecule has 8 heteroatoms. The molecule has 0 bridgehead atoms. The maximum Gasteiger partial charge on any atom is 0.248 e. The van der Waals surface area contributed by atoms with Crippen molar-refractivity contribution < 1.29 is 23.4 Å². The monoisotopic (exact) mass is 412 g/mol. The van der Waals surface area contributed by atoms with Gasteiger partial charge in [0.1, 0.15) is 19.3 Å². The molecule has 1 atom stereocenters.